The smallest absolute Gasteiger partial charge is 0.407 e. The average molecular weight is 655 g/mol. The number of nitrogens with one attached hydrogen (secondary N) is 2. The van der Waals surface area contributed by atoms with Gasteiger partial charge in [-0.05, 0) is 51.8 Å². The normalized spacial score (nSPS) is 15.0. The zero-order chi connectivity index (χ0) is 33.9. The lowest BCUT2D eigenvalue weighted by atomic mass is 10.0. The molecule has 0 spiro atoms. The maximum absolute atomic E-state index is 15.1. The molecule has 1 aliphatic heterocycles. The second-order valence-corrected chi connectivity index (χ2v) is 11.7. The number of aromatic carboxylic acids is 1. The highest BCUT2D eigenvalue weighted by Gasteiger charge is 2.27. The van der Waals surface area contributed by atoms with Crippen LogP contribution in [-0.4, -0.2) is 73.7 Å². The molecule has 1 saturated heterocycles. The van der Waals surface area contributed by atoms with E-state index in [1.807, 2.05) is 4.90 Å². The summed E-state index contributed by atoms with van der Waals surface area (Å²) in [5.74, 6) is -1.77. The van der Waals surface area contributed by atoms with Crippen molar-refractivity contribution in [1.82, 2.24) is 30.0 Å². The number of benzene rings is 1. The summed E-state index contributed by atoms with van der Waals surface area (Å²) in [5, 5.41) is 19.1. The van der Waals surface area contributed by atoms with Crippen LogP contribution in [0.25, 0.3) is 22.5 Å². The van der Waals surface area contributed by atoms with E-state index in [0.717, 1.165) is 12.5 Å². The zero-order valence-electron chi connectivity index (χ0n) is 26.0. The van der Waals surface area contributed by atoms with E-state index in [9.17, 15) is 23.5 Å². The summed E-state index contributed by atoms with van der Waals surface area (Å²) in [5.41, 5.74) is 0.500. The van der Waals surface area contributed by atoms with Crippen molar-refractivity contribution in [3.8, 4) is 28.3 Å². The van der Waals surface area contributed by atoms with Gasteiger partial charge >= 0.3 is 18.6 Å². The molecule has 1 fully saturated rings. The number of piperidine rings is 1. The molecule has 13 nitrogen and oxygen atoms in total. The van der Waals surface area contributed by atoms with Crippen molar-refractivity contribution in [3.05, 3.63) is 60.4 Å². The number of ether oxygens (including phenoxy) is 2. The van der Waals surface area contributed by atoms with Crippen LogP contribution in [0.2, 0.25) is 0 Å². The molecule has 3 aromatic heterocycles. The number of pyridine rings is 1. The standard InChI is InChI=1S/C31H33F3N8O5/c1-31(2,3)47-30(45)38-19-6-5-9-41(16-19)22-12-25(36-14-20(22)18-13-37-42(15-18)29(33)34)39-24-7-8-35-27(40-24)26-21(32)10-17(28(43)44)11-23(26)46-4/h7-8,10-15,19,29H,5-6,9,16H2,1-4H3,(H,38,45)(H,43,44)(H,35,36,39,40)/t19-/m0/s1. The monoisotopic (exact) mass is 654 g/mol. The van der Waals surface area contributed by atoms with Gasteiger partial charge in [-0.25, -0.2) is 33.6 Å². The van der Waals surface area contributed by atoms with Crippen molar-refractivity contribution in [3.63, 3.8) is 0 Å². The Labute approximate surface area is 267 Å². The van der Waals surface area contributed by atoms with E-state index in [1.54, 1.807) is 26.8 Å². The largest absolute Gasteiger partial charge is 0.496 e. The van der Waals surface area contributed by atoms with Crippen molar-refractivity contribution in [1.29, 1.82) is 0 Å². The van der Waals surface area contributed by atoms with Gasteiger partial charge < -0.3 is 30.1 Å². The Balaban J connectivity index is 1.47. The van der Waals surface area contributed by atoms with Crippen molar-refractivity contribution < 1.29 is 37.3 Å². The van der Waals surface area contributed by atoms with Gasteiger partial charge in [0.05, 0.1) is 30.1 Å². The van der Waals surface area contributed by atoms with Gasteiger partial charge in [-0.2, -0.15) is 13.9 Å². The lowest BCUT2D eigenvalue weighted by Gasteiger charge is -2.36. The Morgan fingerprint density at radius 3 is 2.60 bits per heavy atom. The predicted octanol–water partition coefficient (Wildman–Crippen LogP) is 5.88. The van der Waals surface area contributed by atoms with E-state index in [1.165, 1.54) is 44.0 Å². The molecular formula is C31H33F3N8O5. The van der Waals surface area contributed by atoms with Gasteiger partial charge in [-0.15, -0.1) is 0 Å². The number of alkyl carbamates (subject to hydrolysis) is 1. The number of amides is 1. The predicted molar refractivity (Wildman–Crippen MR) is 166 cm³/mol. The number of rotatable bonds is 9. The van der Waals surface area contributed by atoms with Crippen LogP contribution in [0.5, 0.6) is 5.75 Å². The molecule has 0 saturated carbocycles. The summed E-state index contributed by atoms with van der Waals surface area (Å²) in [6.45, 7) is 3.52. The summed E-state index contributed by atoms with van der Waals surface area (Å²) in [7, 11) is 1.28. The third-order valence-electron chi connectivity index (χ3n) is 7.13. The molecule has 0 radical (unpaired) electrons. The highest BCUT2D eigenvalue weighted by molar-refractivity contribution is 5.89. The van der Waals surface area contributed by atoms with Gasteiger partial charge in [0.25, 0.3) is 0 Å². The van der Waals surface area contributed by atoms with E-state index in [4.69, 9.17) is 9.47 Å². The fraction of sp³-hybridized carbons (Fsp3) is 0.355. The fourth-order valence-corrected chi connectivity index (χ4v) is 5.13. The van der Waals surface area contributed by atoms with Crippen LogP contribution in [0, 0.1) is 5.82 Å². The van der Waals surface area contributed by atoms with Gasteiger partial charge in [0.2, 0.25) is 0 Å². The molecule has 3 N–H and O–H groups in total. The average Bonchev–Trinajstić information content (AvgIpc) is 3.50. The summed E-state index contributed by atoms with van der Waals surface area (Å²) >= 11 is 0. The highest BCUT2D eigenvalue weighted by atomic mass is 19.3. The quantitative estimate of drug-likeness (QED) is 0.198. The number of carboxylic acid groups (broad SMARTS) is 1. The first-order chi connectivity index (χ1) is 22.3. The molecule has 4 heterocycles. The van der Waals surface area contributed by atoms with Crippen LogP contribution in [0.3, 0.4) is 0 Å². The first kappa shape index (κ1) is 33.0. The number of methoxy groups -OCH3 is 1. The molecule has 47 heavy (non-hydrogen) atoms. The molecule has 5 rings (SSSR count). The molecule has 4 aromatic rings. The highest BCUT2D eigenvalue weighted by Crippen LogP contribution is 2.36. The van der Waals surface area contributed by atoms with Gasteiger partial charge in [0, 0.05) is 54.9 Å². The van der Waals surface area contributed by atoms with Crippen molar-refractivity contribution in [2.45, 2.75) is 51.8 Å². The number of carboxylic acids is 1. The minimum absolute atomic E-state index is 0.0618. The third-order valence-corrected chi connectivity index (χ3v) is 7.13. The topological polar surface area (TPSA) is 157 Å². The van der Waals surface area contributed by atoms with Crippen molar-refractivity contribution >= 4 is 29.4 Å². The SMILES string of the molecule is COc1cc(C(=O)O)cc(F)c1-c1nccc(Nc2cc(N3CCC[C@H](NC(=O)OC(C)(C)C)C3)c(-c3cnn(C(F)F)c3)cn2)n1. The van der Waals surface area contributed by atoms with E-state index in [0.29, 0.717) is 46.8 Å². The van der Waals surface area contributed by atoms with Crippen molar-refractivity contribution in [2.75, 3.05) is 30.4 Å². The molecule has 1 aromatic carbocycles. The summed E-state index contributed by atoms with van der Waals surface area (Å²) in [4.78, 5) is 38.9. The Morgan fingerprint density at radius 1 is 1.13 bits per heavy atom. The number of halogens is 3. The second-order valence-electron chi connectivity index (χ2n) is 11.7. The molecule has 0 aliphatic carbocycles. The summed E-state index contributed by atoms with van der Waals surface area (Å²) in [6, 6.07) is 5.03. The lowest BCUT2D eigenvalue weighted by Crippen LogP contribution is -2.49. The number of hydrogen-bond donors (Lipinski definition) is 3. The molecule has 1 amide bonds. The van der Waals surface area contributed by atoms with Crippen LogP contribution in [0.4, 0.5) is 35.3 Å². The minimum Gasteiger partial charge on any atom is -0.496 e. The number of carbonyl (C=O) groups excluding carboxylic acids is 1. The third kappa shape index (κ3) is 7.88. The molecular weight excluding hydrogens is 621 g/mol. The molecule has 1 atom stereocenters. The molecule has 1 aliphatic rings. The van der Waals surface area contributed by atoms with E-state index >= 15 is 4.39 Å². The molecule has 16 heteroatoms. The molecule has 0 bridgehead atoms. The van der Waals surface area contributed by atoms with Crippen LogP contribution in [0.15, 0.2) is 49.1 Å². The van der Waals surface area contributed by atoms with Gasteiger partial charge in [-0.3, -0.25) is 0 Å². The van der Waals surface area contributed by atoms with Crippen LogP contribution in [-0.2, 0) is 4.74 Å². The number of hydrogen-bond acceptors (Lipinski definition) is 10. The fourth-order valence-electron chi connectivity index (χ4n) is 5.13. The Hall–Kier alpha value is -5.41. The van der Waals surface area contributed by atoms with Crippen LogP contribution in [0.1, 0.15) is 50.5 Å². The Morgan fingerprint density at radius 2 is 1.91 bits per heavy atom. The Bertz CT molecular complexity index is 1780. The number of nitrogens with zero attached hydrogens (tertiary/aromatic N) is 6. The molecule has 248 valence electrons. The maximum atomic E-state index is 15.1. The maximum Gasteiger partial charge on any atom is 0.407 e. The first-order valence-electron chi connectivity index (χ1n) is 14.6. The minimum atomic E-state index is -2.82. The lowest BCUT2D eigenvalue weighted by molar-refractivity contribution is 0.0498. The number of anilines is 3. The van der Waals surface area contributed by atoms with E-state index < -0.39 is 30.0 Å². The van der Waals surface area contributed by atoms with Gasteiger partial charge in [-0.1, -0.05) is 0 Å². The molecule has 0 unspecified atom stereocenters. The summed E-state index contributed by atoms with van der Waals surface area (Å²) in [6.07, 6.45) is 6.36. The van der Waals surface area contributed by atoms with E-state index in [2.05, 4.69) is 30.7 Å². The van der Waals surface area contributed by atoms with E-state index in [-0.39, 0.29) is 34.6 Å². The van der Waals surface area contributed by atoms with Gasteiger partial charge in [0.15, 0.2) is 5.82 Å². The van der Waals surface area contributed by atoms with Crippen LogP contribution < -0.4 is 20.3 Å². The summed E-state index contributed by atoms with van der Waals surface area (Å²) < 4.78 is 53.0. The zero-order valence-corrected chi connectivity index (χ0v) is 26.0. The number of carbonyl (C=O) groups is 2. The first-order valence-corrected chi connectivity index (χ1v) is 14.6. The second kappa shape index (κ2) is 13.5. The number of alkyl halides is 2. The van der Waals surface area contributed by atoms with Crippen molar-refractivity contribution in [2.24, 2.45) is 0 Å². The Kier molecular flexibility index (Phi) is 9.49. The number of aromatic nitrogens is 5. The van der Waals surface area contributed by atoms with Crippen LogP contribution >= 0.6 is 0 Å². The van der Waals surface area contributed by atoms with Gasteiger partial charge in [0.1, 0.15) is 28.8 Å².